The summed E-state index contributed by atoms with van der Waals surface area (Å²) in [6.45, 7) is 3.05. The zero-order valence-electron chi connectivity index (χ0n) is 13.2. The van der Waals surface area contributed by atoms with Crippen molar-refractivity contribution in [3.63, 3.8) is 0 Å². The van der Waals surface area contributed by atoms with Crippen LogP contribution in [0.1, 0.15) is 21.5 Å². The molecule has 0 atom stereocenters. The second-order valence-corrected chi connectivity index (χ2v) is 7.41. The first-order chi connectivity index (χ1) is 11.6. The maximum absolute atomic E-state index is 12.3. The Morgan fingerprint density at radius 1 is 1.17 bits per heavy atom. The topological polar surface area (TPSA) is 64.6 Å². The van der Waals surface area contributed by atoms with Gasteiger partial charge in [-0.25, -0.2) is 0 Å². The molecule has 1 aliphatic rings. The highest BCUT2D eigenvalue weighted by Gasteiger charge is 2.14. The van der Waals surface area contributed by atoms with E-state index in [-0.39, 0.29) is 11.7 Å². The van der Waals surface area contributed by atoms with Crippen molar-refractivity contribution in [2.24, 2.45) is 0 Å². The summed E-state index contributed by atoms with van der Waals surface area (Å²) in [6.07, 6.45) is 0. The fourth-order valence-electron chi connectivity index (χ4n) is 2.17. The van der Waals surface area contributed by atoms with E-state index < -0.39 is 0 Å². The third-order valence-corrected chi connectivity index (χ3v) is 5.45. The van der Waals surface area contributed by atoms with Crippen molar-refractivity contribution in [1.29, 1.82) is 0 Å². The average molecular weight is 363 g/mol. The summed E-state index contributed by atoms with van der Waals surface area (Å²) in [4.78, 5) is 25.9. The quantitative estimate of drug-likeness (QED) is 0.631. The van der Waals surface area contributed by atoms with E-state index in [4.69, 9.17) is 9.47 Å². The molecule has 1 amide bonds. The Morgan fingerprint density at radius 2 is 1.96 bits per heavy atom. The fourth-order valence-corrected chi connectivity index (χ4v) is 3.95. The molecule has 1 aromatic carbocycles. The number of hydrogen-bond acceptors (Lipinski definition) is 6. The van der Waals surface area contributed by atoms with Gasteiger partial charge in [0, 0.05) is 16.7 Å². The number of hydrogen-bond donors (Lipinski definition) is 1. The Hall–Kier alpha value is -1.99. The molecule has 0 spiro atoms. The minimum atomic E-state index is -0.0783. The molecular weight excluding hydrogens is 346 g/mol. The molecule has 0 unspecified atom stereocenters. The van der Waals surface area contributed by atoms with Gasteiger partial charge in [0.25, 0.3) is 0 Å². The Labute approximate surface area is 148 Å². The lowest BCUT2D eigenvalue weighted by atomic mass is 10.3. The summed E-state index contributed by atoms with van der Waals surface area (Å²) in [6, 6.07) is 9.40. The van der Waals surface area contributed by atoms with Crippen LogP contribution in [0.3, 0.4) is 0 Å². The van der Waals surface area contributed by atoms with Crippen LogP contribution in [-0.2, 0) is 11.3 Å². The number of thiophene rings is 1. The number of carbonyl (C=O) groups is 2. The summed E-state index contributed by atoms with van der Waals surface area (Å²) in [5, 5.41) is 2.73. The van der Waals surface area contributed by atoms with E-state index in [9.17, 15) is 9.59 Å². The first-order valence-corrected chi connectivity index (χ1v) is 9.31. The van der Waals surface area contributed by atoms with Crippen LogP contribution in [0.4, 0.5) is 0 Å². The summed E-state index contributed by atoms with van der Waals surface area (Å²) < 4.78 is 11.0. The molecule has 1 aromatic heterocycles. The number of thioether (sulfide) groups is 1. The third kappa shape index (κ3) is 4.30. The first-order valence-electron chi connectivity index (χ1n) is 7.50. The van der Waals surface area contributed by atoms with E-state index in [1.54, 1.807) is 0 Å². The van der Waals surface area contributed by atoms with Crippen LogP contribution in [0.25, 0.3) is 0 Å². The van der Waals surface area contributed by atoms with Crippen molar-refractivity contribution in [3.05, 3.63) is 40.1 Å². The standard InChI is InChI=1S/C17H17NO4S2/c1-11(19)18-9-13-3-5-17(24-13)14(20)10-23-12-2-4-15-16(8-12)22-7-6-21-15/h2-5,8H,6-7,9-10H2,1H3,(H,18,19). The maximum Gasteiger partial charge on any atom is 0.217 e. The molecule has 1 aliphatic heterocycles. The second kappa shape index (κ2) is 7.72. The van der Waals surface area contributed by atoms with Gasteiger partial charge < -0.3 is 14.8 Å². The molecule has 126 valence electrons. The van der Waals surface area contributed by atoms with Crippen LogP contribution < -0.4 is 14.8 Å². The highest BCUT2D eigenvalue weighted by Crippen LogP contribution is 2.34. The number of benzene rings is 1. The van der Waals surface area contributed by atoms with Crippen molar-refractivity contribution in [2.45, 2.75) is 18.4 Å². The van der Waals surface area contributed by atoms with E-state index in [1.807, 2.05) is 30.3 Å². The van der Waals surface area contributed by atoms with Gasteiger partial charge in [-0.05, 0) is 30.3 Å². The molecule has 2 heterocycles. The van der Waals surface area contributed by atoms with E-state index in [1.165, 1.54) is 30.0 Å². The zero-order chi connectivity index (χ0) is 16.9. The fraction of sp³-hybridized carbons (Fsp3) is 0.294. The van der Waals surface area contributed by atoms with Crippen LogP contribution in [0.5, 0.6) is 11.5 Å². The number of ketones is 1. The number of rotatable bonds is 6. The highest BCUT2D eigenvalue weighted by molar-refractivity contribution is 8.00. The van der Waals surface area contributed by atoms with Gasteiger partial charge in [-0.15, -0.1) is 23.1 Å². The Balaban J connectivity index is 1.56. The minimum Gasteiger partial charge on any atom is -0.486 e. The molecule has 2 aromatic rings. The molecule has 5 nitrogen and oxygen atoms in total. The summed E-state index contributed by atoms with van der Waals surface area (Å²) in [7, 11) is 0. The summed E-state index contributed by atoms with van der Waals surface area (Å²) >= 11 is 2.89. The third-order valence-electron chi connectivity index (χ3n) is 3.33. The number of fused-ring (bicyclic) bond motifs is 1. The molecule has 24 heavy (non-hydrogen) atoms. The summed E-state index contributed by atoms with van der Waals surface area (Å²) in [5.41, 5.74) is 0. The molecular formula is C17H17NO4S2. The van der Waals surface area contributed by atoms with Crippen molar-refractivity contribution in [2.75, 3.05) is 19.0 Å². The molecule has 0 bridgehead atoms. The Kier molecular flexibility index (Phi) is 5.42. The number of Topliss-reactive ketones (excluding diaryl/α,β-unsaturated/α-hetero) is 1. The predicted octanol–water partition coefficient (Wildman–Crippen LogP) is 3.13. The number of nitrogens with one attached hydrogen (secondary N) is 1. The monoisotopic (exact) mass is 363 g/mol. The van der Waals surface area contributed by atoms with E-state index >= 15 is 0 Å². The van der Waals surface area contributed by atoms with E-state index in [0.29, 0.717) is 30.4 Å². The average Bonchev–Trinajstić information content (AvgIpc) is 3.07. The smallest absolute Gasteiger partial charge is 0.217 e. The SMILES string of the molecule is CC(=O)NCc1ccc(C(=O)CSc2ccc3c(c2)OCCO3)s1. The first kappa shape index (κ1) is 16.9. The van der Waals surface area contributed by atoms with Gasteiger partial charge in [0.1, 0.15) is 13.2 Å². The number of amides is 1. The Morgan fingerprint density at radius 3 is 2.75 bits per heavy atom. The van der Waals surface area contributed by atoms with Crippen molar-refractivity contribution in [1.82, 2.24) is 5.32 Å². The van der Waals surface area contributed by atoms with Crippen molar-refractivity contribution >= 4 is 34.8 Å². The molecule has 0 fully saturated rings. The predicted molar refractivity (Wildman–Crippen MR) is 94.3 cm³/mol. The van der Waals surface area contributed by atoms with Gasteiger partial charge in [-0.2, -0.15) is 0 Å². The molecule has 3 rings (SSSR count). The van der Waals surface area contributed by atoms with Gasteiger partial charge in [-0.1, -0.05) is 0 Å². The maximum atomic E-state index is 12.3. The molecule has 1 N–H and O–H groups in total. The molecule has 0 radical (unpaired) electrons. The molecule has 0 aliphatic carbocycles. The normalized spacial score (nSPS) is 12.7. The molecule has 0 saturated heterocycles. The van der Waals surface area contributed by atoms with E-state index in [0.717, 1.165) is 21.3 Å². The number of ether oxygens (including phenoxy) is 2. The van der Waals surface area contributed by atoms with Gasteiger partial charge >= 0.3 is 0 Å². The van der Waals surface area contributed by atoms with Crippen LogP contribution in [0.15, 0.2) is 35.2 Å². The summed E-state index contributed by atoms with van der Waals surface area (Å²) in [5.74, 6) is 1.84. The van der Waals surface area contributed by atoms with Gasteiger partial charge in [-0.3, -0.25) is 9.59 Å². The zero-order valence-corrected chi connectivity index (χ0v) is 14.8. The molecule has 0 saturated carbocycles. The van der Waals surface area contributed by atoms with Crippen LogP contribution >= 0.6 is 23.1 Å². The van der Waals surface area contributed by atoms with Crippen molar-refractivity contribution in [3.8, 4) is 11.5 Å². The molecule has 7 heteroatoms. The van der Waals surface area contributed by atoms with Crippen molar-refractivity contribution < 1.29 is 19.1 Å². The van der Waals surface area contributed by atoms with Gasteiger partial charge in [0.2, 0.25) is 5.91 Å². The lowest BCUT2D eigenvalue weighted by Crippen LogP contribution is -2.18. The van der Waals surface area contributed by atoms with Crippen LogP contribution in [0, 0.1) is 0 Å². The lowest BCUT2D eigenvalue weighted by molar-refractivity contribution is -0.119. The largest absolute Gasteiger partial charge is 0.486 e. The lowest BCUT2D eigenvalue weighted by Gasteiger charge is -2.18. The van der Waals surface area contributed by atoms with E-state index in [2.05, 4.69) is 5.32 Å². The second-order valence-electron chi connectivity index (χ2n) is 5.19. The minimum absolute atomic E-state index is 0.0777. The van der Waals surface area contributed by atoms with Crippen LogP contribution in [-0.4, -0.2) is 30.7 Å². The Bertz CT molecular complexity index is 757. The van der Waals surface area contributed by atoms with Gasteiger partial charge in [0.15, 0.2) is 17.3 Å². The van der Waals surface area contributed by atoms with Crippen LogP contribution in [0.2, 0.25) is 0 Å². The van der Waals surface area contributed by atoms with Gasteiger partial charge in [0.05, 0.1) is 17.2 Å². The highest BCUT2D eigenvalue weighted by atomic mass is 32.2. The number of carbonyl (C=O) groups excluding carboxylic acids is 2.